The summed E-state index contributed by atoms with van der Waals surface area (Å²) in [5.74, 6) is -0.499. The number of hydrogen-bond acceptors (Lipinski definition) is 4. The Morgan fingerprint density at radius 3 is 2.60 bits per heavy atom. The molecule has 0 heterocycles. The monoisotopic (exact) mass is 340 g/mol. The van der Waals surface area contributed by atoms with Crippen LogP contribution in [0.5, 0.6) is 5.75 Å². The molecule has 1 unspecified atom stereocenters. The maximum Gasteiger partial charge on any atom is 0.254 e. The van der Waals surface area contributed by atoms with Crippen molar-refractivity contribution in [3.05, 3.63) is 77.0 Å². The number of phenols is 1. The largest absolute Gasteiger partial charge is 0.507 e. The van der Waals surface area contributed by atoms with E-state index in [2.05, 4.69) is 28.8 Å². The van der Waals surface area contributed by atoms with Gasteiger partial charge in [-0.15, -0.1) is 0 Å². The lowest BCUT2D eigenvalue weighted by molar-refractivity contribution is 0.0960. The number of aromatic hydroxyl groups is 1. The van der Waals surface area contributed by atoms with Crippen LogP contribution >= 0.6 is 0 Å². The molecule has 0 aliphatic heterocycles. The first-order valence-corrected chi connectivity index (χ1v) is 8.19. The zero-order valence-electron chi connectivity index (χ0n) is 14.5. The lowest BCUT2D eigenvalue weighted by Gasteiger charge is -2.15. The summed E-state index contributed by atoms with van der Waals surface area (Å²) >= 11 is 0. The van der Waals surface area contributed by atoms with E-state index < -0.39 is 12.0 Å². The van der Waals surface area contributed by atoms with Gasteiger partial charge < -0.3 is 20.8 Å². The summed E-state index contributed by atoms with van der Waals surface area (Å²) in [6.07, 6.45) is 2.09. The summed E-state index contributed by atoms with van der Waals surface area (Å²) in [6.45, 7) is 2.26. The van der Waals surface area contributed by atoms with E-state index in [9.17, 15) is 15.0 Å². The molecule has 2 aromatic rings. The van der Waals surface area contributed by atoms with Gasteiger partial charge in [-0.1, -0.05) is 42.5 Å². The molecule has 2 aromatic carbocycles. The van der Waals surface area contributed by atoms with Crippen LogP contribution in [0.25, 0.3) is 0 Å². The van der Waals surface area contributed by atoms with Gasteiger partial charge in [0.05, 0.1) is 11.7 Å². The van der Waals surface area contributed by atoms with E-state index in [-0.39, 0.29) is 11.3 Å². The fourth-order valence-electron chi connectivity index (χ4n) is 2.41. The zero-order valence-corrected chi connectivity index (χ0v) is 14.5. The van der Waals surface area contributed by atoms with Gasteiger partial charge >= 0.3 is 0 Å². The number of benzene rings is 2. The van der Waals surface area contributed by atoms with Crippen molar-refractivity contribution in [2.24, 2.45) is 0 Å². The number of aliphatic hydroxyl groups excluding tert-OH is 1. The van der Waals surface area contributed by atoms with Gasteiger partial charge in [0.2, 0.25) is 0 Å². The van der Waals surface area contributed by atoms with Crippen LogP contribution in [-0.4, -0.2) is 29.7 Å². The predicted molar refractivity (Wildman–Crippen MR) is 98.4 cm³/mol. The first kappa shape index (κ1) is 18.5. The third-order valence-corrected chi connectivity index (χ3v) is 3.94. The van der Waals surface area contributed by atoms with E-state index in [1.165, 1.54) is 24.7 Å². The molecule has 132 valence electrons. The van der Waals surface area contributed by atoms with Crippen LogP contribution in [0, 0.1) is 0 Å². The van der Waals surface area contributed by atoms with Gasteiger partial charge in [-0.3, -0.25) is 4.79 Å². The smallest absolute Gasteiger partial charge is 0.254 e. The molecule has 25 heavy (non-hydrogen) atoms. The van der Waals surface area contributed by atoms with Gasteiger partial charge in [0.25, 0.3) is 5.91 Å². The number of carbonyl (C=O) groups excluding carboxylic acids is 1. The Kier molecular flexibility index (Phi) is 6.60. The topological polar surface area (TPSA) is 81.6 Å². The Labute approximate surface area is 148 Å². The molecule has 0 saturated heterocycles. The molecule has 0 aromatic heterocycles. The van der Waals surface area contributed by atoms with Gasteiger partial charge in [-0.05, 0) is 36.6 Å². The first-order chi connectivity index (χ1) is 12.0. The summed E-state index contributed by atoms with van der Waals surface area (Å²) in [5.41, 5.74) is 2.90. The van der Waals surface area contributed by atoms with Crippen LogP contribution in [0.15, 0.2) is 60.3 Å². The molecule has 5 heteroatoms. The minimum absolute atomic E-state index is 0.109. The highest BCUT2D eigenvalue weighted by Crippen LogP contribution is 2.22. The van der Waals surface area contributed by atoms with Crippen molar-refractivity contribution in [1.29, 1.82) is 0 Å². The van der Waals surface area contributed by atoms with Crippen molar-refractivity contribution >= 4 is 5.91 Å². The van der Waals surface area contributed by atoms with Crippen LogP contribution in [0.3, 0.4) is 0 Å². The number of carbonyl (C=O) groups is 1. The van der Waals surface area contributed by atoms with E-state index in [1.54, 1.807) is 6.07 Å². The fourth-order valence-corrected chi connectivity index (χ4v) is 2.41. The highest BCUT2D eigenvalue weighted by Gasteiger charge is 2.14. The van der Waals surface area contributed by atoms with Crippen molar-refractivity contribution in [2.75, 3.05) is 13.6 Å². The third kappa shape index (κ3) is 5.36. The minimum atomic E-state index is -0.788. The number of aliphatic hydroxyl groups is 1. The average Bonchev–Trinajstić information content (AvgIpc) is 2.65. The average molecular weight is 340 g/mol. The van der Waals surface area contributed by atoms with E-state index in [1.807, 2.05) is 25.1 Å². The molecule has 0 aliphatic rings. The fraction of sp³-hybridized carbons (Fsp3) is 0.250. The summed E-state index contributed by atoms with van der Waals surface area (Å²) < 4.78 is 0. The Hall–Kier alpha value is -2.79. The Bertz CT molecular complexity index is 742. The summed E-state index contributed by atoms with van der Waals surface area (Å²) in [4.78, 5) is 11.7. The second-order valence-electron chi connectivity index (χ2n) is 5.83. The van der Waals surface area contributed by atoms with Crippen LogP contribution in [0.1, 0.15) is 34.5 Å². The SMILES string of the molecule is CNC(=O)c1cc(C(O)CN/C(C)=C/Cc2ccccc2)ccc1O. The predicted octanol–water partition coefficient (Wildman–Crippen LogP) is 2.52. The standard InChI is InChI=1S/C20H24N2O3/c1-14(8-9-15-6-4-3-5-7-15)22-13-19(24)16-10-11-18(23)17(12-16)20(25)21-2/h3-8,10-12,19,22-24H,9,13H2,1-2H3,(H,21,25)/b14-8+. The lowest BCUT2D eigenvalue weighted by Crippen LogP contribution is -2.21. The van der Waals surface area contributed by atoms with Crippen molar-refractivity contribution < 1.29 is 15.0 Å². The van der Waals surface area contributed by atoms with Gasteiger partial charge in [-0.2, -0.15) is 0 Å². The minimum Gasteiger partial charge on any atom is -0.507 e. The molecule has 0 fully saturated rings. The number of phenolic OH excluding ortho intramolecular Hbond substituents is 1. The second-order valence-corrected chi connectivity index (χ2v) is 5.83. The molecular weight excluding hydrogens is 316 g/mol. The lowest BCUT2D eigenvalue weighted by atomic mass is 10.0. The Morgan fingerprint density at radius 2 is 1.92 bits per heavy atom. The van der Waals surface area contributed by atoms with Crippen molar-refractivity contribution in [1.82, 2.24) is 10.6 Å². The summed E-state index contributed by atoms with van der Waals surface area (Å²) in [5, 5.41) is 25.7. The summed E-state index contributed by atoms with van der Waals surface area (Å²) in [6, 6.07) is 14.7. The van der Waals surface area contributed by atoms with Gasteiger partial charge in [0.1, 0.15) is 5.75 Å². The number of nitrogens with one attached hydrogen (secondary N) is 2. The molecule has 0 aliphatic carbocycles. The number of rotatable bonds is 7. The number of hydrogen-bond donors (Lipinski definition) is 4. The van der Waals surface area contributed by atoms with E-state index in [0.29, 0.717) is 12.1 Å². The maximum atomic E-state index is 11.7. The maximum absolute atomic E-state index is 11.7. The Morgan fingerprint density at radius 1 is 1.20 bits per heavy atom. The van der Waals surface area contributed by atoms with E-state index in [0.717, 1.165) is 12.1 Å². The van der Waals surface area contributed by atoms with Crippen LogP contribution in [0.4, 0.5) is 0 Å². The quantitative estimate of drug-likeness (QED) is 0.624. The van der Waals surface area contributed by atoms with Gasteiger partial charge in [0.15, 0.2) is 0 Å². The normalized spacial score (nSPS) is 12.5. The van der Waals surface area contributed by atoms with E-state index >= 15 is 0 Å². The van der Waals surface area contributed by atoms with Crippen molar-refractivity contribution in [3.8, 4) is 5.75 Å². The third-order valence-electron chi connectivity index (χ3n) is 3.94. The number of amides is 1. The molecule has 0 bridgehead atoms. The summed E-state index contributed by atoms with van der Waals surface area (Å²) in [7, 11) is 1.49. The highest BCUT2D eigenvalue weighted by atomic mass is 16.3. The number of allylic oxidation sites excluding steroid dienone is 2. The molecule has 4 N–H and O–H groups in total. The van der Waals surface area contributed by atoms with E-state index in [4.69, 9.17) is 0 Å². The second kappa shape index (κ2) is 8.89. The molecule has 2 rings (SSSR count). The Balaban J connectivity index is 1.95. The van der Waals surface area contributed by atoms with Crippen LogP contribution < -0.4 is 10.6 Å². The molecule has 0 saturated carbocycles. The zero-order chi connectivity index (χ0) is 18.2. The van der Waals surface area contributed by atoms with Crippen molar-refractivity contribution in [2.45, 2.75) is 19.4 Å². The van der Waals surface area contributed by atoms with Gasteiger partial charge in [0, 0.05) is 19.3 Å². The van der Waals surface area contributed by atoms with Crippen LogP contribution in [-0.2, 0) is 6.42 Å². The molecule has 5 nitrogen and oxygen atoms in total. The molecule has 0 radical (unpaired) electrons. The molecular formula is C20H24N2O3. The molecule has 0 spiro atoms. The molecule has 1 atom stereocenters. The highest BCUT2D eigenvalue weighted by molar-refractivity contribution is 5.96. The first-order valence-electron chi connectivity index (χ1n) is 8.19. The molecule has 1 amide bonds. The van der Waals surface area contributed by atoms with Crippen LogP contribution in [0.2, 0.25) is 0 Å². The van der Waals surface area contributed by atoms with Gasteiger partial charge in [-0.25, -0.2) is 0 Å². The van der Waals surface area contributed by atoms with Crippen molar-refractivity contribution in [3.63, 3.8) is 0 Å².